The maximum Gasteiger partial charge on any atom is 0.244 e. The topological polar surface area (TPSA) is 96.0 Å². The summed E-state index contributed by atoms with van der Waals surface area (Å²) in [6.45, 7) is 5.99. The molecule has 0 aliphatic rings. The van der Waals surface area contributed by atoms with Gasteiger partial charge >= 0.3 is 0 Å². The number of anilines is 1. The number of carbonyl (C=O) groups is 2. The lowest BCUT2D eigenvalue weighted by molar-refractivity contribution is -0.140. The molecule has 0 radical (unpaired) electrons. The van der Waals surface area contributed by atoms with E-state index in [1.54, 1.807) is 43.5 Å². The summed E-state index contributed by atoms with van der Waals surface area (Å²) in [4.78, 5) is 28.2. The van der Waals surface area contributed by atoms with Crippen molar-refractivity contribution in [1.29, 1.82) is 0 Å². The minimum Gasteiger partial charge on any atom is -0.497 e. The monoisotopic (exact) mass is 567 g/mol. The van der Waals surface area contributed by atoms with E-state index in [0.717, 1.165) is 16.1 Å². The van der Waals surface area contributed by atoms with Gasteiger partial charge in [-0.15, -0.1) is 0 Å². The average molecular weight is 569 g/mol. The number of benzene rings is 2. The van der Waals surface area contributed by atoms with Gasteiger partial charge in [0.2, 0.25) is 21.8 Å². The first kappa shape index (κ1) is 28.6. The number of hydrogen-bond acceptors (Lipinski definition) is 5. The second-order valence-electron chi connectivity index (χ2n) is 8.65. The summed E-state index contributed by atoms with van der Waals surface area (Å²) in [5, 5.41) is 2.90. The van der Waals surface area contributed by atoms with Gasteiger partial charge in [-0.3, -0.25) is 13.9 Å². The first-order valence-electron chi connectivity index (χ1n) is 11.4. The summed E-state index contributed by atoms with van der Waals surface area (Å²) in [6, 6.07) is 13.2. The van der Waals surface area contributed by atoms with Gasteiger partial charge in [0.05, 0.1) is 19.1 Å². The van der Waals surface area contributed by atoms with Crippen LogP contribution in [0.15, 0.2) is 53.0 Å². The van der Waals surface area contributed by atoms with E-state index in [1.807, 2.05) is 32.9 Å². The normalized spacial score (nSPS) is 12.2. The van der Waals surface area contributed by atoms with Crippen molar-refractivity contribution in [1.82, 2.24) is 10.2 Å². The lowest BCUT2D eigenvalue weighted by atomic mass is 10.1. The van der Waals surface area contributed by atoms with Gasteiger partial charge in [-0.05, 0) is 58.1 Å². The third-order valence-corrected chi connectivity index (χ3v) is 7.18. The van der Waals surface area contributed by atoms with E-state index in [1.165, 1.54) is 4.90 Å². The summed E-state index contributed by atoms with van der Waals surface area (Å²) in [5.74, 6) is 0.173. The SMILES string of the molecule is CCC(C(=O)NCC(C)C)N(Cc1ccc(OC)cc1)C(=O)CN(c1ccccc1Br)S(C)(=O)=O. The highest BCUT2D eigenvalue weighted by atomic mass is 79.9. The van der Waals surface area contributed by atoms with Gasteiger partial charge in [-0.2, -0.15) is 0 Å². The predicted octanol–water partition coefficient (Wildman–Crippen LogP) is 3.80. The van der Waals surface area contributed by atoms with Crippen LogP contribution in [-0.2, 0) is 26.2 Å². The lowest BCUT2D eigenvalue weighted by Gasteiger charge is -2.33. The second kappa shape index (κ2) is 12.9. The van der Waals surface area contributed by atoms with Crippen LogP contribution < -0.4 is 14.4 Å². The maximum absolute atomic E-state index is 13.7. The van der Waals surface area contributed by atoms with Crippen LogP contribution in [0.5, 0.6) is 5.75 Å². The zero-order chi connectivity index (χ0) is 26.2. The number of halogens is 1. The van der Waals surface area contributed by atoms with E-state index < -0.39 is 28.5 Å². The molecule has 2 aromatic carbocycles. The number of para-hydroxylation sites is 1. The first-order chi connectivity index (χ1) is 16.5. The zero-order valence-electron chi connectivity index (χ0n) is 20.8. The minimum absolute atomic E-state index is 0.143. The second-order valence-corrected chi connectivity index (χ2v) is 11.4. The Morgan fingerprint density at radius 1 is 1.09 bits per heavy atom. The van der Waals surface area contributed by atoms with Crippen molar-refractivity contribution < 1.29 is 22.7 Å². The number of sulfonamides is 1. The Kier molecular flexibility index (Phi) is 10.6. The summed E-state index contributed by atoms with van der Waals surface area (Å²) in [5.41, 5.74) is 1.14. The lowest BCUT2D eigenvalue weighted by Crippen LogP contribution is -2.52. The Balaban J connectivity index is 2.42. The van der Waals surface area contributed by atoms with Crippen molar-refractivity contribution in [3.63, 3.8) is 0 Å². The maximum atomic E-state index is 13.7. The highest BCUT2D eigenvalue weighted by Crippen LogP contribution is 2.28. The standard InChI is InChI=1S/C25H34BrN3O5S/c1-6-22(25(31)27-15-18(2)3)28(16-19-11-13-20(34-4)14-12-19)24(30)17-29(35(5,32)33)23-10-8-7-9-21(23)26/h7-14,18,22H,6,15-17H2,1-5H3,(H,27,31). The molecule has 35 heavy (non-hydrogen) atoms. The number of ether oxygens (including phenoxy) is 1. The molecule has 0 spiro atoms. The quantitative estimate of drug-likeness (QED) is 0.420. The molecule has 0 saturated carbocycles. The van der Waals surface area contributed by atoms with Gasteiger partial charge in [0.25, 0.3) is 0 Å². The van der Waals surface area contributed by atoms with Crippen LogP contribution in [0.3, 0.4) is 0 Å². The molecule has 0 aromatic heterocycles. The van der Waals surface area contributed by atoms with Gasteiger partial charge in [-0.1, -0.05) is 45.0 Å². The van der Waals surface area contributed by atoms with Crippen LogP contribution in [0, 0.1) is 5.92 Å². The van der Waals surface area contributed by atoms with Gasteiger partial charge in [-0.25, -0.2) is 8.42 Å². The molecule has 0 aliphatic heterocycles. The van der Waals surface area contributed by atoms with Crippen molar-refractivity contribution in [2.24, 2.45) is 5.92 Å². The Morgan fingerprint density at radius 3 is 2.23 bits per heavy atom. The van der Waals surface area contributed by atoms with E-state index in [-0.39, 0.29) is 18.4 Å². The van der Waals surface area contributed by atoms with E-state index in [9.17, 15) is 18.0 Å². The van der Waals surface area contributed by atoms with Crippen LogP contribution in [-0.4, -0.2) is 57.6 Å². The van der Waals surface area contributed by atoms with Gasteiger partial charge in [0.15, 0.2) is 0 Å². The zero-order valence-corrected chi connectivity index (χ0v) is 23.2. The molecule has 0 heterocycles. The van der Waals surface area contributed by atoms with Crippen LogP contribution in [0.2, 0.25) is 0 Å². The molecule has 8 nitrogen and oxygen atoms in total. The Labute approximate surface area is 216 Å². The molecule has 0 fully saturated rings. The van der Waals surface area contributed by atoms with E-state index in [4.69, 9.17) is 4.74 Å². The number of carbonyl (C=O) groups excluding carboxylic acids is 2. The van der Waals surface area contributed by atoms with Crippen LogP contribution >= 0.6 is 15.9 Å². The number of hydrogen-bond donors (Lipinski definition) is 1. The molecule has 2 rings (SSSR count). The van der Waals surface area contributed by atoms with Crippen molar-refractivity contribution in [2.75, 3.05) is 30.8 Å². The smallest absolute Gasteiger partial charge is 0.244 e. The molecule has 0 aliphatic carbocycles. The third-order valence-electron chi connectivity index (χ3n) is 5.38. The molecule has 1 atom stereocenters. The van der Waals surface area contributed by atoms with Gasteiger partial charge < -0.3 is 15.0 Å². The summed E-state index contributed by atoms with van der Waals surface area (Å²) in [7, 11) is -2.22. The highest BCUT2D eigenvalue weighted by Gasteiger charge is 2.32. The van der Waals surface area contributed by atoms with Gasteiger partial charge in [0.1, 0.15) is 18.3 Å². The van der Waals surface area contributed by atoms with Crippen LogP contribution in [0.25, 0.3) is 0 Å². The number of rotatable bonds is 12. The van der Waals surface area contributed by atoms with E-state index in [2.05, 4.69) is 21.2 Å². The van der Waals surface area contributed by atoms with Gasteiger partial charge in [0, 0.05) is 17.6 Å². The largest absolute Gasteiger partial charge is 0.497 e. The summed E-state index contributed by atoms with van der Waals surface area (Å²) >= 11 is 3.38. The molecular weight excluding hydrogens is 534 g/mol. The van der Waals surface area contributed by atoms with Crippen LogP contribution in [0.1, 0.15) is 32.8 Å². The fourth-order valence-corrected chi connectivity index (χ4v) is 5.00. The fraction of sp³-hybridized carbons (Fsp3) is 0.440. The number of nitrogens with one attached hydrogen (secondary N) is 1. The molecule has 1 unspecified atom stereocenters. The van der Waals surface area contributed by atoms with Crippen molar-refractivity contribution in [3.05, 3.63) is 58.6 Å². The molecule has 192 valence electrons. The first-order valence-corrected chi connectivity index (χ1v) is 14.0. The molecule has 10 heteroatoms. The molecule has 2 aromatic rings. The Morgan fingerprint density at radius 2 is 1.71 bits per heavy atom. The minimum atomic E-state index is -3.79. The average Bonchev–Trinajstić information content (AvgIpc) is 2.81. The van der Waals surface area contributed by atoms with E-state index >= 15 is 0 Å². The molecular formula is C25H34BrN3O5S. The number of amides is 2. The Hall–Kier alpha value is -2.59. The molecule has 1 N–H and O–H groups in total. The number of nitrogens with zero attached hydrogens (tertiary/aromatic N) is 2. The Bertz CT molecular complexity index is 1110. The molecule has 0 saturated heterocycles. The highest BCUT2D eigenvalue weighted by molar-refractivity contribution is 9.10. The summed E-state index contributed by atoms with van der Waals surface area (Å²) < 4.78 is 32.1. The van der Waals surface area contributed by atoms with Crippen molar-refractivity contribution in [2.45, 2.75) is 39.8 Å². The number of methoxy groups -OCH3 is 1. The third kappa shape index (κ3) is 8.24. The van der Waals surface area contributed by atoms with Crippen LogP contribution in [0.4, 0.5) is 5.69 Å². The molecule has 0 bridgehead atoms. The van der Waals surface area contributed by atoms with Crippen molar-refractivity contribution in [3.8, 4) is 5.75 Å². The molecule has 2 amide bonds. The van der Waals surface area contributed by atoms with E-state index in [0.29, 0.717) is 28.9 Å². The summed E-state index contributed by atoms with van der Waals surface area (Å²) in [6.07, 6.45) is 1.43. The predicted molar refractivity (Wildman–Crippen MR) is 142 cm³/mol. The fourth-order valence-electron chi connectivity index (χ4n) is 3.52. The van der Waals surface area contributed by atoms with Crippen molar-refractivity contribution >= 4 is 43.5 Å².